The Labute approximate surface area is 79.1 Å². The number of rotatable bonds is 2. The van der Waals surface area contributed by atoms with Gasteiger partial charge in [-0.25, -0.2) is 0 Å². The zero-order valence-corrected chi connectivity index (χ0v) is 7.08. The van der Waals surface area contributed by atoms with Crippen molar-refractivity contribution in [2.24, 2.45) is 0 Å². The monoisotopic (exact) mass is 190 g/mol. The van der Waals surface area contributed by atoms with E-state index in [-0.39, 0.29) is 5.75 Å². The lowest BCUT2D eigenvalue weighted by Gasteiger charge is -2.01. The summed E-state index contributed by atoms with van der Waals surface area (Å²) in [5.74, 6) is 0.160. The number of aromatic nitrogens is 1. The Balaban J connectivity index is 2.59. The van der Waals surface area contributed by atoms with Crippen molar-refractivity contribution >= 4 is 10.9 Å². The lowest BCUT2D eigenvalue weighted by Crippen LogP contribution is -2.04. The summed E-state index contributed by atoms with van der Waals surface area (Å²) in [6.45, 7) is 0. The topological polar surface area (TPSA) is 65.3 Å². The number of hydrogen-bond acceptors (Lipinski definition) is 4. The Bertz CT molecular complexity index is 479. The van der Waals surface area contributed by atoms with Gasteiger partial charge in [-0.3, -0.25) is 9.82 Å². The minimum Gasteiger partial charge on any atom is -0.274 e. The number of fused-ring (bicyclic) bond motifs is 1. The van der Waals surface area contributed by atoms with Crippen molar-refractivity contribution in [1.29, 1.82) is 0 Å². The van der Waals surface area contributed by atoms with Crippen LogP contribution in [0.4, 0.5) is 0 Å². The molecule has 0 aliphatic heterocycles. The summed E-state index contributed by atoms with van der Waals surface area (Å²) in [5.41, 5.74) is 0.492. The zero-order valence-electron chi connectivity index (χ0n) is 7.08. The third-order valence-electron chi connectivity index (χ3n) is 1.77. The summed E-state index contributed by atoms with van der Waals surface area (Å²) in [4.78, 5) is 18.6. The SMILES string of the molecule is O=[N+]([O-])Oc1cccc2cccnc12. The molecule has 0 N–H and O–H groups in total. The molecule has 1 aromatic carbocycles. The molecule has 0 atom stereocenters. The average molecular weight is 190 g/mol. The van der Waals surface area contributed by atoms with Crippen LogP contribution in [0.25, 0.3) is 10.9 Å². The second kappa shape index (κ2) is 3.29. The largest absolute Gasteiger partial charge is 0.299 e. The van der Waals surface area contributed by atoms with E-state index in [1.165, 1.54) is 6.07 Å². The van der Waals surface area contributed by atoms with Crippen molar-refractivity contribution in [3.8, 4) is 5.75 Å². The highest BCUT2D eigenvalue weighted by Crippen LogP contribution is 2.22. The second-order valence-corrected chi connectivity index (χ2v) is 2.65. The van der Waals surface area contributed by atoms with Gasteiger partial charge in [0.15, 0.2) is 5.75 Å². The van der Waals surface area contributed by atoms with Crippen LogP contribution < -0.4 is 4.84 Å². The van der Waals surface area contributed by atoms with Gasteiger partial charge < -0.3 is 0 Å². The van der Waals surface area contributed by atoms with E-state index in [9.17, 15) is 10.1 Å². The van der Waals surface area contributed by atoms with Gasteiger partial charge in [-0.05, 0) is 12.1 Å². The molecule has 0 radical (unpaired) electrons. The molecule has 0 aliphatic carbocycles. The molecule has 0 bridgehead atoms. The van der Waals surface area contributed by atoms with Crippen LogP contribution in [0.1, 0.15) is 0 Å². The van der Waals surface area contributed by atoms with Gasteiger partial charge in [-0.1, -0.05) is 18.2 Å². The van der Waals surface area contributed by atoms with Crippen LogP contribution in [0.2, 0.25) is 0 Å². The van der Waals surface area contributed by atoms with Crippen molar-refractivity contribution in [2.45, 2.75) is 0 Å². The van der Waals surface area contributed by atoms with Gasteiger partial charge in [0.2, 0.25) is 0 Å². The number of para-hydroxylation sites is 1. The van der Waals surface area contributed by atoms with E-state index in [1.54, 1.807) is 18.3 Å². The molecule has 0 saturated carbocycles. The highest BCUT2D eigenvalue weighted by Gasteiger charge is 2.04. The first-order valence-electron chi connectivity index (χ1n) is 3.93. The van der Waals surface area contributed by atoms with Crippen LogP contribution >= 0.6 is 0 Å². The van der Waals surface area contributed by atoms with Gasteiger partial charge in [0.05, 0.1) is 0 Å². The molecule has 0 amide bonds. The molecular formula is C9H6N2O3. The van der Waals surface area contributed by atoms with Crippen LogP contribution in [0.5, 0.6) is 5.75 Å². The summed E-state index contributed by atoms with van der Waals surface area (Å²) in [5, 5.41) is 10.1. The van der Waals surface area contributed by atoms with Gasteiger partial charge >= 0.3 is 0 Å². The first-order chi connectivity index (χ1) is 6.77. The molecule has 14 heavy (non-hydrogen) atoms. The van der Waals surface area contributed by atoms with Crippen LogP contribution in [0.15, 0.2) is 36.5 Å². The van der Waals surface area contributed by atoms with Gasteiger partial charge in [0.1, 0.15) is 5.52 Å². The normalized spacial score (nSPS) is 10.0. The molecular weight excluding hydrogens is 184 g/mol. The molecule has 0 unspecified atom stereocenters. The molecule has 2 aromatic rings. The van der Waals surface area contributed by atoms with E-state index in [0.717, 1.165) is 5.39 Å². The van der Waals surface area contributed by atoms with E-state index in [4.69, 9.17) is 0 Å². The van der Waals surface area contributed by atoms with Crippen LogP contribution in [0, 0.1) is 10.1 Å². The number of pyridine rings is 1. The maximum atomic E-state index is 10.2. The summed E-state index contributed by atoms with van der Waals surface area (Å²) in [7, 11) is 0. The lowest BCUT2D eigenvalue weighted by molar-refractivity contribution is -0.710. The van der Waals surface area contributed by atoms with Crippen LogP contribution in [-0.4, -0.2) is 10.1 Å². The van der Waals surface area contributed by atoms with E-state index in [2.05, 4.69) is 9.82 Å². The molecule has 5 nitrogen and oxygen atoms in total. The molecule has 0 spiro atoms. The molecule has 70 valence electrons. The van der Waals surface area contributed by atoms with Crippen LogP contribution in [-0.2, 0) is 0 Å². The molecule has 0 aliphatic rings. The molecule has 2 rings (SSSR count). The fourth-order valence-electron chi connectivity index (χ4n) is 1.23. The van der Waals surface area contributed by atoms with Crippen molar-refractivity contribution in [1.82, 2.24) is 4.98 Å². The highest BCUT2D eigenvalue weighted by atomic mass is 17.0. The smallest absolute Gasteiger partial charge is 0.274 e. The van der Waals surface area contributed by atoms with Gasteiger partial charge in [-0.15, -0.1) is 10.1 Å². The van der Waals surface area contributed by atoms with Gasteiger partial charge in [0, 0.05) is 11.6 Å². The summed E-state index contributed by atoms with van der Waals surface area (Å²) in [6, 6.07) is 8.59. The summed E-state index contributed by atoms with van der Waals surface area (Å²) < 4.78 is 0. The molecule has 1 aromatic heterocycles. The number of nitrogens with zero attached hydrogens (tertiary/aromatic N) is 2. The first kappa shape index (κ1) is 8.43. The Morgan fingerprint density at radius 1 is 1.29 bits per heavy atom. The second-order valence-electron chi connectivity index (χ2n) is 2.65. The number of benzene rings is 1. The summed E-state index contributed by atoms with van der Waals surface area (Å²) in [6.07, 6.45) is 1.56. The Kier molecular flexibility index (Phi) is 1.98. The minimum absolute atomic E-state index is 0.160. The maximum Gasteiger partial charge on any atom is 0.299 e. The Hall–Kier alpha value is -2.17. The van der Waals surface area contributed by atoms with E-state index < -0.39 is 5.09 Å². The summed E-state index contributed by atoms with van der Waals surface area (Å²) >= 11 is 0. The minimum atomic E-state index is -0.844. The van der Waals surface area contributed by atoms with Crippen molar-refractivity contribution in [2.75, 3.05) is 0 Å². The van der Waals surface area contributed by atoms with Crippen molar-refractivity contribution in [3.05, 3.63) is 46.6 Å². The quantitative estimate of drug-likeness (QED) is 0.535. The average Bonchev–Trinajstić information content (AvgIpc) is 2.18. The Morgan fingerprint density at radius 2 is 2.07 bits per heavy atom. The van der Waals surface area contributed by atoms with Gasteiger partial charge in [0.25, 0.3) is 5.09 Å². The lowest BCUT2D eigenvalue weighted by atomic mass is 10.2. The van der Waals surface area contributed by atoms with Crippen LogP contribution in [0.3, 0.4) is 0 Å². The molecule has 1 heterocycles. The molecule has 0 fully saturated rings. The predicted octanol–water partition coefficient (Wildman–Crippen LogP) is 1.81. The van der Waals surface area contributed by atoms with E-state index in [0.29, 0.717) is 5.52 Å². The van der Waals surface area contributed by atoms with Crippen molar-refractivity contribution < 1.29 is 9.92 Å². The first-order valence-corrected chi connectivity index (χ1v) is 3.93. The fourth-order valence-corrected chi connectivity index (χ4v) is 1.23. The standard InChI is InChI=1S/C9H6N2O3/c12-11(13)14-8-5-1-3-7-4-2-6-10-9(7)8/h1-6H. The zero-order chi connectivity index (χ0) is 9.97. The van der Waals surface area contributed by atoms with E-state index >= 15 is 0 Å². The molecule has 5 heteroatoms. The van der Waals surface area contributed by atoms with Crippen molar-refractivity contribution in [3.63, 3.8) is 0 Å². The fraction of sp³-hybridized carbons (Fsp3) is 0. The maximum absolute atomic E-state index is 10.2. The third kappa shape index (κ3) is 1.47. The third-order valence-corrected chi connectivity index (χ3v) is 1.77. The Morgan fingerprint density at radius 3 is 2.86 bits per heavy atom. The highest BCUT2D eigenvalue weighted by molar-refractivity contribution is 5.83. The number of hydrogen-bond donors (Lipinski definition) is 0. The molecule has 0 saturated heterocycles. The van der Waals surface area contributed by atoms with E-state index in [1.807, 2.05) is 12.1 Å². The predicted molar refractivity (Wildman–Crippen MR) is 49.4 cm³/mol. The van der Waals surface area contributed by atoms with Gasteiger partial charge in [-0.2, -0.15) is 0 Å².